The molecule has 0 fully saturated rings. The van der Waals surface area contributed by atoms with Crippen molar-refractivity contribution >= 4 is 38.9 Å². The van der Waals surface area contributed by atoms with Gasteiger partial charge in [0, 0.05) is 16.5 Å². The van der Waals surface area contributed by atoms with Crippen molar-refractivity contribution in [1.29, 1.82) is 0 Å². The van der Waals surface area contributed by atoms with Gasteiger partial charge in [0.05, 0.1) is 11.1 Å². The summed E-state index contributed by atoms with van der Waals surface area (Å²) < 4.78 is 6.30. The van der Waals surface area contributed by atoms with Gasteiger partial charge in [-0.15, -0.1) is 0 Å². The minimum atomic E-state index is -0.520. The molecular formula is C38H29NO. The normalized spacial score (nSPS) is 17.7. The minimum Gasteiger partial charge on any atom is -0.454 e. The third-order valence-corrected chi connectivity index (χ3v) is 8.04. The van der Waals surface area contributed by atoms with Gasteiger partial charge in [-0.3, -0.25) is 0 Å². The van der Waals surface area contributed by atoms with E-state index in [1.165, 1.54) is 27.8 Å². The summed E-state index contributed by atoms with van der Waals surface area (Å²) in [7, 11) is 0. The van der Waals surface area contributed by atoms with Gasteiger partial charge >= 0.3 is 0 Å². The SMILES string of the molecule is C=C1/C(=C\C=C/C)c2ccccc2C1(c1ccccc1)c1cccc(Nc2cccc3c2oc2ccccc23)c1. The van der Waals surface area contributed by atoms with E-state index in [9.17, 15) is 0 Å². The van der Waals surface area contributed by atoms with Crippen LogP contribution in [0.5, 0.6) is 0 Å². The number of para-hydroxylation sites is 2. The summed E-state index contributed by atoms with van der Waals surface area (Å²) in [5.41, 5.74) is 10.3. The lowest BCUT2D eigenvalue weighted by Gasteiger charge is -2.34. The number of nitrogens with one attached hydrogen (secondary N) is 1. The largest absolute Gasteiger partial charge is 0.454 e. The van der Waals surface area contributed by atoms with Gasteiger partial charge in [0.15, 0.2) is 5.58 Å². The summed E-state index contributed by atoms with van der Waals surface area (Å²) in [6, 6.07) is 42.6. The molecule has 0 amide bonds. The maximum atomic E-state index is 6.30. The predicted octanol–water partition coefficient (Wildman–Crippen LogP) is 10.2. The second-order valence-corrected chi connectivity index (χ2v) is 10.2. The molecule has 0 aliphatic heterocycles. The second-order valence-electron chi connectivity index (χ2n) is 10.2. The molecule has 2 nitrogen and oxygen atoms in total. The molecular weight excluding hydrogens is 486 g/mol. The molecule has 7 rings (SSSR count). The maximum Gasteiger partial charge on any atom is 0.158 e. The second kappa shape index (κ2) is 9.59. The molecule has 5 aromatic carbocycles. The van der Waals surface area contributed by atoms with Crippen molar-refractivity contribution in [3.05, 3.63) is 174 Å². The van der Waals surface area contributed by atoms with Gasteiger partial charge in [0.1, 0.15) is 5.58 Å². The van der Waals surface area contributed by atoms with Crippen LogP contribution in [0.1, 0.15) is 29.2 Å². The number of fused-ring (bicyclic) bond motifs is 4. The Morgan fingerprint density at radius 2 is 1.45 bits per heavy atom. The van der Waals surface area contributed by atoms with Crippen LogP contribution in [0, 0.1) is 0 Å². The fourth-order valence-corrected chi connectivity index (χ4v) is 6.30. The van der Waals surface area contributed by atoms with Gasteiger partial charge in [0.25, 0.3) is 0 Å². The lowest BCUT2D eigenvalue weighted by Crippen LogP contribution is -2.28. The Bertz CT molecular complexity index is 1960. The van der Waals surface area contributed by atoms with Crippen LogP contribution in [-0.2, 0) is 5.41 Å². The van der Waals surface area contributed by atoms with Crippen molar-refractivity contribution in [2.75, 3.05) is 5.32 Å². The molecule has 1 aliphatic carbocycles. The summed E-state index contributed by atoms with van der Waals surface area (Å²) in [4.78, 5) is 0. The lowest BCUT2D eigenvalue weighted by atomic mass is 9.68. The van der Waals surface area contributed by atoms with Crippen LogP contribution < -0.4 is 5.32 Å². The Balaban J connectivity index is 1.41. The average molecular weight is 516 g/mol. The Kier molecular flexibility index (Phi) is 5.75. The molecule has 1 aromatic heterocycles. The third kappa shape index (κ3) is 3.57. The van der Waals surface area contributed by atoms with Crippen molar-refractivity contribution in [3.63, 3.8) is 0 Å². The van der Waals surface area contributed by atoms with E-state index in [0.717, 1.165) is 38.9 Å². The van der Waals surface area contributed by atoms with E-state index < -0.39 is 5.41 Å². The smallest absolute Gasteiger partial charge is 0.158 e. The number of hydrogen-bond acceptors (Lipinski definition) is 2. The number of benzene rings is 5. The quantitative estimate of drug-likeness (QED) is 0.247. The molecule has 1 aliphatic rings. The summed E-state index contributed by atoms with van der Waals surface area (Å²) in [6.45, 7) is 6.80. The molecule has 1 atom stereocenters. The van der Waals surface area contributed by atoms with Crippen LogP contribution in [0.15, 0.2) is 156 Å². The van der Waals surface area contributed by atoms with Crippen molar-refractivity contribution < 1.29 is 4.42 Å². The predicted molar refractivity (Wildman–Crippen MR) is 168 cm³/mol. The van der Waals surface area contributed by atoms with Crippen LogP contribution in [0.4, 0.5) is 11.4 Å². The van der Waals surface area contributed by atoms with Gasteiger partial charge in [0.2, 0.25) is 0 Å². The zero-order chi connectivity index (χ0) is 27.1. The van der Waals surface area contributed by atoms with Gasteiger partial charge in [-0.2, -0.15) is 0 Å². The summed E-state index contributed by atoms with van der Waals surface area (Å²) >= 11 is 0. The Labute approximate surface area is 234 Å². The number of hydrogen-bond donors (Lipinski definition) is 1. The zero-order valence-electron chi connectivity index (χ0n) is 22.4. The fraction of sp³-hybridized carbons (Fsp3) is 0.0526. The highest BCUT2D eigenvalue weighted by Crippen LogP contribution is 2.56. The molecule has 192 valence electrons. The first-order chi connectivity index (χ1) is 19.7. The standard InChI is InChI=1S/C38H29NO/c1-3-4-18-30-26(2)38(27-14-6-5-7-15-27,34-22-10-8-19-31(30)34)28-16-12-17-29(25-28)39-35-23-13-21-33-32-20-9-11-24-36(32)40-37(33)35/h3-25,39H,2H2,1H3/b4-3-,30-18+. The first kappa shape index (κ1) is 24.0. The highest BCUT2D eigenvalue weighted by Gasteiger charge is 2.47. The Hall–Kier alpha value is -5.08. The van der Waals surface area contributed by atoms with E-state index in [1.807, 2.05) is 19.1 Å². The van der Waals surface area contributed by atoms with E-state index in [1.54, 1.807) is 0 Å². The molecule has 1 heterocycles. The van der Waals surface area contributed by atoms with Gasteiger partial charge in [-0.1, -0.05) is 122 Å². The Morgan fingerprint density at radius 3 is 2.33 bits per heavy atom. The average Bonchev–Trinajstić information content (AvgIpc) is 3.50. The molecule has 6 aromatic rings. The van der Waals surface area contributed by atoms with E-state index in [0.29, 0.717) is 0 Å². The van der Waals surface area contributed by atoms with Crippen molar-refractivity contribution in [3.8, 4) is 0 Å². The first-order valence-electron chi connectivity index (χ1n) is 13.7. The Morgan fingerprint density at radius 1 is 0.725 bits per heavy atom. The monoisotopic (exact) mass is 515 g/mol. The topological polar surface area (TPSA) is 25.2 Å². The number of allylic oxidation sites excluding steroid dienone is 5. The zero-order valence-corrected chi connectivity index (χ0v) is 22.4. The molecule has 0 bridgehead atoms. The van der Waals surface area contributed by atoms with E-state index >= 15 is 0 Å². The van der Waals surface area contributed by atoms with E-state index in [2.05, 4.69) is 133 Å². The van der Waals surface area contributed by atoms with Crippen molar-refractivity contribution in [2.45, 2.75) is 12.3 Å². The van der Waals surface area contributed by atoms with E-state index in [4.69, 9.17) is 11.0 Å². The number of furan rings is 1. The molecule has 1 N–H and O–H groups in total. The molecule has 40 heavy (non-hydrogen) atoms. The number of rotatable bonds is 5. The van der Waals surface area contributed by atoms with Crippen LogP contribution in [0.2, 0.25) is 0 Å². The summed E-state index contributed by atoms with van der Waals surface area (Å²) in [6.07, 6.45) is 6.36. The lowest BCUT2D eigenvalue weighted by molar-refractivity contribution is 0.670. The highest BCUT2D eigenvalue weighted by atomic mass is 16.3. The molecule has 1 unspecified atom stereocenters. The minimum absolute atomic E-state index is 0.520. The fourth-order valence-electron chi connectivity index (χ4n) is 6.30. The molecule has 0 spiro atoms. The highest BCUT2D eigenvalue weighted by molar-refractivity contribution is 6.09. The van der Waals surface area contributed by atoms with Crippen LogP contribution >= 0.6 is 0 Å². The van der Waals surface area contributed by atoms with Crippen molar-refractivity contribution in [1.82, 2.24) is 0 Å². The first-order valence-corrected chi connectivity index (χ1v) is 13.7. The summed E-state index contributed by atoms with van der Waals surface area (Å²) in [5, 5.41) is 5.90. The molecule has 0 radical (unpaired) electrons. The van der Waals surface area contributed by atoms with Gasteiger partial charge in [-0.25, -0.2) is 0 Å². The van der Waals surface area contributed by atoms with Crippen molar-refractivity contribution in [2.24, 2.45) is 0 Å². The number of anilines is 2. The van der Waals surface area contributed by atoms with E-state index in [-0.39, 0.29) is 0 Å². The molecule has 0 saturated heterocycles. The summed E-state index contributed by atoms with van der Waals surface area (Å²) in [5.74, 6) is 0. The maximum absolute atomic E-state index is 6.30. The molecule has 2 heteroatoms. The van der Waals surface area contributed by atoms with Crippen LogP contribution in [-0.4, -0.2) is 0 Å². The van der Waals surface area contributed by atoms with Crippen LogP contribution in [0.25, 0.3) is 27.5 Å². The van der Waals surface area contributed by atoms with Gasteiger partial charge in [-0.05, 0) is 64.6 Å². The van der Waals surface area contributed by atoms with Crippen LogP contribution in [0.3, 0.4) is 0 Å². The molecule has 0 saturated carbocycles. The third-order valence-electron chi connectivity index (χ3n) is 8.04. The van der Waals surface area contributed by atoms with Gasteiger partial charge < -0.3 is 9.73 Å².